The van der Waals surface area contributed by atoms with E-state index in [0.717, 1.165) is 13.1 Å². The summed E-state index contributed by atoms with van der Waals surface area (Å²) < 4.78 is 1.27. The standard InChI is InChI=1S/C12H15BrN2/c13-9-2-1-3-11-12(9)8-4-6-14-7-5-10(8)15-11/h1-3,8,10,14-15H,4-7H2/t8-,10+/m1/s1. The van der Waals surface area contributed by atoms with E-state index in [2.05, 4.69) is 44.8 Å². The van der Waals surface area contributed by atoms with Gasteiger partial charge >= 0.3 is 0 Å². The van der Waals surface area contributed by atoms with Crippen LogP contribution in [0.25, 0.3) is 0 Å². The molecule has 2 aliphatic heterocycles. The van der Waals surface area contributed by atoms with Gasteiger partial charge in [0, 0.05) is 22.1 Å². The van der Waals surface area contributed by atoms with Crippen LogP contribution in [0.5, 0.6) is 0 Å². The van der Waals surface area contributed by atoms with Crippen LogP contribution in [0.2, 0.25) is 0 Å². The first kappa shape index (κ1) is 9.67. The molecule has 2 aliphatic rings. The topological polar surface area (TPSA) is 24.1 Å². The van der Waals surface area contributed by atoms with Crippen molar-refractivity contribution in [1.82, 2.24) is 5.32 Å². The van der Waals surface area contributed by atoms with Gasteiger partial charge in [-0.05, 0) is 43.6 Å². The molecule has 2 atom stereocenters. The minimum Gasteiger partial charge on any atom is -0.381 e. The Morgan fingerprint density at radius 2 is 2.07 bits per heavy atom. The highest BCUT2D eigenvalue weighted by Gasteiger charge is 2.33. The highest BCUT2D eigenvalue weighted by Crippen LogP contribution is 2.43. The summed E-state index contributed by atoms with van der Waals surface area (Å²) in [6.45, 7) is 2.28. The van der Waals surface area contributed by atoms with Gasteiger partial charge in [0.15, 0.2) is 0 Å². The molecule has 0 radical (unpaired) electrons. The van der Waals surface area contributed by atoms with Crippen molar-refractivity contribution in [2.75, 3.05) is 18.4 Å². The van der Waals surface area contributed by atoms with Crippen LogP contribution in [0.15, 0.2) is 22.7 Å². The van der Waals surface area contributed by atoms with Gasteiger partial charge in [-0.1, -0.05) is 22.0 Å². The van der Waals surface area contributed by atoms with Gasteiger partial charge in [0.05, 0.1) is 0 Å². The van der Waals surface area contributed by atoms with Crippen LogP contribution in [-0.4, -0.2) is 19.1 Å². The van der Waals surface area contributed by atoms with E-state index in [1.54, 1.807) is 0 Å². The molecule has 2 N–H and O–H groups in total. The minimum atomic E-state index is 0.633. The molecular formula is C12H15BrN2. The van der Waals surface area contributed by atoms with E-state index in [-0.39, 0.29) is 0 Å². The molecule has 1 saturated heterocycles. The quantitative estimate of drug-likeness (QED) is 0.755. The maximum absolute atomic E-state index is 3.67. The van der Waals surface area contributed by atoms with E-state index in [1.807, 2.05) is 0 Å². The number of rotatable bonds is 0. The molecule has 0 unspecified atom stereocenters. The molecule has 80 valence electrons. The smallest absolute Gasteiger partial charge is 0.0390 e. The van der Waals surface area contributed by atoms with E-state index in [0.29, 0.717) is 12.0 Å². The molecule has 1 aromatic rings. The average Bonchev–Trinajstić information content (AvgIpc) is 2.43. The lowest BCUT2D eigenvalue weighted by Crippen LogP contribution is -2.21. The molecule has 1 aromatic carbocycles. The first-order valence-corrected chi connectivity index (χ1v) is 6.41. The Morgan fingerprint density at radius 3 is 3.00 bits per heavy atom. The maximum atomic E-state index is 3.67. The number of hydrogen-bond acceptors (Lipinski definition) is 2. The molecule has 3 heteroatoms. The third kappa shape index (κ3) is 1.58. The second kappa shape index (κ2) is 3.80. The zero-order chi connectivity index (χ0) is 10.3. The van der Waals surface area contributed by atoms with Crippen LogP contribution in [0.1, 0.15) is 24.3 Å². The summed E-state index contributed by atoms with van der Waals surface area (Å²) >= 11 is 3.67. The predicted molar refractivity (Wildman–Crippen MR) is 66.4 cm³/mol. The summed E-state index contributed by atoms with van der Waals surface area (Å²) in [5, 5.41) is 7.12. The van der Waals surface area contributed by atoms with Crippen LogP contribution in [-0.2, 0) is 0 Å². The van der Waals surface area contributed by atoms with Crippen molar-refractivity contribution in [3.8, 4) is 0 Å². The first-order valence-electron chi connectivity index (χ1n) is 5.62. The van der Waals surface area contributed by atoms with Crippen molar-refractivity contribution >= 4 is 21.6 Å². The number of halogens is 1. The van der Waals surface area contributed by atoms with Crippen molar-refractivity contribution in [2.24, 2.45) is 0 Å². The molecule has 0 amide bonds. The van der Waals surface area contributed by atoms with Crippen LogP contribution in [0.4, 0.5) is 5.69 Å². The van der Waals surface area contributed by atoms with Crippen LogP contribution in [0, 0.1) is 0 Å². The van der Waals surface area contributed by atoms with Gasteiger partial charge in [-0.25, -0.2) is 0 Å². The number of hydrogen-bond donors (Lipinski definition) is 2. The molecule has 3 rings (SSSR count). The Labute approximate surface area is 98.6 Å². The third-order valence-corrected chi connectivity index (χ3v) is 4.21. The monoisotopic (exact) mass is 266 g/mol. The van der Waals surface area contributed by atoms with E-state index in [9.17, 15) is 0 Å². The molecular weight excluding hydrogens is 252 g/mol. The number of fused-ring (bicyclic) bond motifs is 3. The van der Waals surface area contributed by atoms with Gasteiger partial charge in [-0.2, -0.15) is 0 Å². The summed E-state index contributed by atoms with van der Waals surface area (Å²) in [4.78, 5) is 0. The van der Waals surface area contributed by atoms with E-state index < -0.39 is 0 Å². The lowest BCUT2D eigenvalue weighted by atomic mass is 9.91. The second-order valence-corrected chi connectivity index (χ2v) is 5.24. The Bertz CT molecular complexity index is 378. The molecule has 2 heterocycles. The van der Waals surface area contributed by atoms with Gasteiger partial charge in [-0.15, -0.1) is 0 Å². The Balaban J connectivity index is 2.02. The summed E-state index contributed by atoms with van der Waals surface area (Å²) in [7, 11) is 0. The number of anilines is 1. The van der Waals surface area contributed by atoms with Crippen molar-refractivity contribution in [1.29, 1.82) is 0 Å². The van der Waals surface area contributed by atoms with Gasteiger partial charge in [0.2, 0.25) is 0 Å². The maximum Gasteiger partial charge on any atom is 0.0390 e. The van der Waals surface area contributed by atoms with Crippen LogP contribution < -0.4 is 10.6 Å². The second-order valence-electron chi connectivity index (χ2n) is 4.39. The SMILES string of the molecule is Brc1cccc2c1[C@@H]1CCNCC[C@@H]1N2. The Kier molecular flexibility index (Phi) is 2.45. The number of benzene rings is 1. The van der Waals surface area contributed by atoms with Crippen molar-refractivity contribution < 1.29 is 0 Å². The molecule has 0 aliphatic carbocycles. The zero-order valence-corrected chi connectivity index (χ0v) is 10.2. The summed E-state index contributed by atoms with van der Waals surface area (Å²) in [6, 6.07) is 7.09. The summed E-state index contributed by atoms with van der Waals surface area (Å²) in [6.07, 6.45) is 2.47. The third-order valence-electron chi connectivity index (χ3n) is 3.51. The fraction of sp³-hybridized carbons (Fsp3) is 0.500. The normalized spacial score (nSPS) is 28.9. The minimum absolute atomic E-state index is 0.633. The van der Waals surface area contributed by atoms with Crippen molar-refractivity contribution in [3.63, 3.8) is 0 Å². The van der Waals surface area contributed by atoms with Gasteiger partial charge in [0.25, 0.3) is 0 Å². The average molecular weight is 267 g/mol. The predicted octanol–water partition coefficient (Wildman–Crippen LogP) is 2.71. The van der Waals surface area contributed by atoms with Gasteiger partial charge in [-0.3, -0.25) is 0 Å². The lowest BCUT2D eigenvalue weighted by molar-refractivity contribution is 0.577. The lowest BCUT2D eigenvalue weighted by Gasteiger charge is -2.16. The van der Waals surface area contributed by atoms with Gasteiger partial charge in [0.1, 0.15) is 0 Å². The Hall–Kier alpha value is -0.540. The molecule has 15 heavy (non-hydrogen) atoms. The van der Waals surface area contributed by atoms with Crippen LogP contribution >= 0.6 is 15.9 Å². The highest BCUT2D eigenvalue weighted by molar-refractivity contribution is 9.10. The van der Waals surface area contributed by atoms with E-state index >= 15 is 0 Å². The zero-order valence-electron chi connectivity index (χ0n) is 8.59. The van der Waals surface area contributed by atoms with E-state index in [4.69, 9.17) is 0 Å². The van der Waals surface area contributed by atoms with E-state index in [1.165, 1.54) is 28.6 Å². The summed E-state index contributed by atoms with van der Waals surface area (Å²) in [5.41, 5.74) is 2.83. The highest BCUT2D eigenvalue weighted by atomic mass is 79.9. The largest absolute Gasteiger partial charge is 0.381 e. The first-order chi connectivity index (χ1) is 7.36. The molecule has 0 bridgehead atoms. The molecule has 0 saturated carbocycles. The number of nitrogens with one attached hydrogen (secondary N) is 2. The fourth-order valence-corrected chi connectivity index (χ4v) is 3.46. The Morgan fingerprint density at radius 1 is 1.20 bits per heavy atom. The molecule has 0 spiro atoms. The van der Waals surface area contributed by atoms with Crippen molar-refractivity contribution in [3.05, 3.63) is 28.2 Å². The van der Waals surface area contributed by atoms with Gasteiger partial charge < -0.3 is 10.6 Å². The molecule has 1 fully saturated rings. The van der Waals surface area contributed by atoms with Crippen LogP contribution in [0.3, 0.4) is 0 Å². The molecule has 0 aromatic heterocycles. The molecule has 2 nitrogen and oxygen atoms in total. The van der Waals surface area contributed by atoms with Crippen molar-refractivity contribution in [2.45, 2.75) is 24.8 Å². The fourth-order valence-electron chi connectivity index (χ4n) is 2.80. The summed E-state index contributed by atoms with van der Waals surface area (Å²) in [5.74, 6) is 0.686.